The Bertz CT molecular complexity index is 3850. The molecule has 0 spiro atoms. The van der Waals surface area contributed by atoms with E-state index in [0.717, 1.165) is 82.8 Å². The zero-order valence-electron chi connectivity index (χ0n) is 33.9. The van der Waals surface area contributed by atoms with Gasteiger partial charge in [0, 0.05) is 66.4 Å². The Hall–Kier alpha value is -8.61. The highest BCUT2D eigenvalue weighted by atomic mass is 16.3. The minimum Gasteiger partial charge on any atom is -0.456 e. The first-order chi connectivity index (χ1) is 31.2. The smallest absolute Gasteiger partial charge is 0.164 e. The molecule has 0 atom stereocenters. The van der Waals surface area contributed by atoms with Crippen molar-refractivity contribution in [3.8, 4) is 56.7 Å². The van der Waals surface area contributed by atoms with Gasteiger partial charge in [-0.15, -0.1) is 0 Å². The van der Waals surface area contributed by atoms with Crippen LogP contribution in [0.15, 0.2) is 217 Å². The van der Waals surface area contributed by atoms with Gasteiger partial charge in [0.05, 0.1) is 22.1 Å². The summed E-state index contributed by atoms with van der Waals surface area (Å²) in [5, 5.41) is 6.93. The fraction of sp³-hybridized carbons (Fsp3) is 0. The van der Waals surface area contributed by atoms with Gasteiger partial charge in [-0.25, -0.2) is 15.0 Å². The topological polar surface area (TPSA) is 61.7 Å². The Morgan fingerprint density at radius 1 is 0.270 bits per heavy atom. The molecule has 4 aromatic heterocycles. The van der Waals surface area contributed by atoms with Gasteiger partial charge in [0.25, 0.3) is 0 Å². The standard InChI is InChI=1S/C57H35N5O/c1-4-15-36(16-5-1)39-27-30-50-46(32-39)43-23-10-12-25-49(43)61(50)42-28-29-44-47-34-48-45-24-11-13-26-53(45)63-54(48)35-52(47)62(51(44)33-42)41-22-14-21-40(31-41)57-59-55(37-17-6-2-7-18-37)58-56(60-57)38-19-8-3-9-20-38/h1-35H. The SMILES string of the molecule is c1ccc(-c2ccc3c(c2)c2ccccc2n3-c2ccc3c4cc5c(cc4n(-c4cccc(-c6nc(-c7ccccc7)nc(-c7ccccc7)n6)c4)c3c2)oc2ccccc25)cc1. The number of nitrogens with zero attached hydrogens (tertiary/aromatic N) is 5. The van der Waals surface area contributed by atoms with Crippen LogP contribution in [0.5, 0.6) is 0 Å². The molecule has 0 aliphatic rings. The minimum atomic E-state index is 0.603. The van der Waals surface area contributed by atoms with Crippen LogP contribution in [0.3, 0.4) is 0 Å². The molecule has 63 heavy (non-hydrogen) atoms. The van der Waals surface area contributed by atoms with E-state index >= 15 is 0 Å². The van der Waals surface area contributed by atoms with Gasteiger partial charge in [-0.2, -0.15) is 0 Å². The Morgan fingerprint density at radius 2 is 0.810 bits per heavy atom. The Labute approximate surface area is 361 Å². The second-order valence-electron chi connectivity index (χ2n) is 16.0. The largest absolute Gasteiger partial charge is 0.456 e. The third-order valence-corrected chi connectivity index (χ3v) is 12.3. The summed E-state index contributed by atoms with van der Waals surface area (Å²) in [7, 11) is 0. The van der Waals surface area contributed by atoms with E-state index in [-0.39, 0.29) is 0 Å². The maximum absolute atomic E-state index is 6.53. The molecule has 13 rings (SSSR count). The highest BCUT2D eigenvalue weighted by Crippen LogP contribution is 2.41. The highest BCUT2D eigenvalue weighted by Gasteiger charge is 2.20. The van der Waals surface area contributed by atoms with Crippen molar-refractivity contribution >= 4 is 65.6 Å². The molecule has 0 aliphatic heterocycles. The summed E-state index contributed by atoms with van der Waals surface area (Å²) in [6.07, 6.45) is 0. The zero-order chi connectivity index (χ0) is 41.4. The molecule has 6 nitrogen and oxygen atoms in total. The van der Waals surface area contributed by atoms with E-state index in [9.17, 15) is 0 Å². The van der Waals surface area contributed by atoms with Crippen LogP contribution in [0, 0.1) is 0 Å². The molecule has 9 aromatic carbocycles. The molecule has 13 aromatic rings. The molecule has 4 heterocycles. The van der Waals surface area contributed by atoms with Gasteiger partial charge >= 0.3 is 0 Å². The van der Waals surface area contributed by atoms with Crippen LogP contribution in [0.4, 0.5) is 0 Å². The summed E-state index contributed by atoms with van der Waals surface area (Å²) in [5.41, 5.74) is 13.4. The molecule has 0 N–H and O–H groups in total. The van der Waals surface area contributed by atoms with Crippen molar-refractivity contribution < 1.29 is 4.42 Å². The summed E-state index contributed by atoms with van der Waals surface area (Å²) in [5.74, 6) is 1.85. The maximum Gasteiger partial charge on any atom is 0.164 e. The first-order valence-corrected chi connectivity index (χ1v) is 21.2. The number of rotatable bonds is 6. The van der Waals surface area contributed by atoms with E-state index in [1.54, 1.807) is 0 Å². The molecule has 0 fully saturated rings. The molecule has 0 bridgehead atoms. The number of furan rings is 1. The normalized spacial score (nSPS) is 11.8. The molecule has 0 unspecified atom stereocenters. The van der Waals surface area contributed by atoms with Crippen molar-refractivity contribution in [2.75, 3.05) is 0 Å². The third kappa shape index (κ3) is 5.69. The van der Waals surface area contributed by atoms with Crippen LogP contribution >= 0.6 is 0 Å². The first kappa shape index (κ1) is 35.2. The van der Waals surface area contributed by atoms with E-state index in [1.165, 1.54) is 21.9 Å². The van der Waals surface area contributed by atoms with Crippen LogP contribution in [0.2, 0.25) is 0 Å². The Kier molecular flexibility index (Phi) is 7.80. The molecule has 0 saturated heterocycles. The average Bonchev–Trinajstić information content (AvgIpc) is 4.00. The first-order valence-electron chi connectivity index (χ1n) is 21.2. The second-order valence-corrected chi connectivity index (χ2v) is 16.0. The molecule has 6 heteroatoms. The van der Waals surface area contributed by atoms with Gasteiger partial charge in [0.15, 0.2) is 17.5 Å². The van der Waals surface area contributed by atoms with Crippen molar-refractivity contribution in [1.82, 2.24) is 24.1 Å². The van der Waals surface area contributed by atoms with E-state index in [4.69, 9.17) is 19.4 Å². The summed E-state index contributed by atoms with van der Waals surface area (Å²) in [6, 6.07) is 74.6. The number of hydrogen-bond acceptors (Lipinski definition) is 4. The quantitative estimate of drug-likeness (QED) is 0.168. The lowest BCUT2D eigenvalue weighted by molar-refractivity contribution is 0.669. The van der Waals surface area contributed by atoms with Crippen LogP contribution in [-0.2, 0) is 0 Å². The predicted octanol–water partition coefficient (Wildman–Crippen LogP) is 14.6. The van der Waals surface area contributed by atoms with Gasteiger partial charge in [-0.1, -0.05) is 152 Å². The lowest BCUT2D eigenvalue weighted by atomic mass is 10.0. The van der Waals surface area contributed by atoms with Crippen LogP contribution in [-0.4, -0.2) is 24.1 Å². The lowest BCUT2D eigenvalue weighted by Gasteiger charge is -2.13. The molecule has 0 radical (unpaired) electrons. The van der Waals surface area contributed by atoms with Gasteiger partial charge in [0.1, 0.15) is 11.2 Å². The average molecular weight is 806 g/mol. The van der Waals surface area contributed by atoms with Crippen LogP contribution in [0.25, 0.3) is 122 Å². The Morgan fingerprint density at radius 3 is 1.56 bits per heavy atom. The zero-order valence-corrected chi connectivity index (χ0v) is 33.9. The monoisotopic (exact) mass is 805 g/mol. The second kappa shape index (κ2) is 14.0. The van der Waals surface area contributed by atoms with Crippen molar-refractivity contribution in [3.63, 3.8) is 0 Å². The van der Waals surface area contributed by atoms with Gasteiger partial charge < -0.3 is 13.6 Å². The summed E-state index contributed by atoms with van der Waals surface area (Å²) < 4.78 is 11.3. The summed E-state index contributed by atoms with van der Waals surface area (Å²) in [6.45, 7) is 0. The van der Waals surface area contributed by atoms with Crippen molar-refractivity contribution in [2.24, 2.45) is 0 Å². The highest BCUT2D eigenvalue weighted by molar-refractivity contribution is 6.18. The molecule has 0 aliphatic carbocycles. The molecule has 0 saturated carbocycles. The fourth-order valence-electron chi connectivity index (χ4n) is 9.42. The van der Waals surface area contributed by atoms with E-state index in [0.29, 0.717) is 17.5 Å². The molecule has 294 valence electrons. The van der Waals surface area contributed by atoms with Crippen LogP contribution < -0.4 is 0 Å². The fourth-order valence-corrected chi connectivity index (χ4v) is 9.42. The molecular weight excluding hydrogens is 771 g/mol. The van der Waals surface area contributed by atoms with Crippen molar-refractivity contribution in [1.29, 1.82) is 0 Å². The van der Waals surface area contributed by atoms with E-state index < -0.39 is 0 Å². The Balaban J connectivity index is 1.05. The summed E-state index contributed by atoms with van der Waals surface area (Å²) in [4.78, 5) is 15.1. The van der Waals surface area contributed by atoms with Gasteiger partial charge in [-0.3, -0.25) is 0 Å². The van der Waals surface area contributed by atoms with Gasteiger partial charge in [-0.05, 0) is 65.7 Å². The number of para-hydroxylation sites is 2. The van der Waals surface area contributed by atoms with Crippen LogP contribution in [0.1, 0.15) is 0 Å². The predicted molar refractivity (Wildman–Crippen MR) is 258 cm³/mol. The molecular formula is C57H35N5O. The number of aromatic nitrogens is 5. The lowest BCUT2D eigenvalue weighted by Crippen LogP contribution is -2.01. The molecule has 0 amide bonds. The minimum absolute atomic E-state index is 0.603. The van der Waals surface area contributed by atoms with E-state index in [2.05, 4.69) is 149 Å². The van der Waals surface area contributed by atoms with E-state index in [1.807, 2.05) is 72.8 Å². The van der Waals surface area contributed by atoms with Gasteiger partial charge in [0.2, 0.25) is 0 Å². The van der Waals surface area contributed by atoms with Crippen molar-refractivity contribution in [2.45, 2.75) is 0 Å². The maximum atomic E-state index is 6.53. The number of benzene rings is 9. The number of hydrogen-bond donors (Lipinski definition) is 0. The summed E-state index contributed by atoms with van der Waals surface area (Å²) >= 11 is 0. The number of fused-ring (bicyclic) bond motifs is 9. The third-order valence-electron chi connectivity index (χ3n) is 12.3. The van der Waals surface area contributed by atoms with Crippen molar-refractivity contribution in [3.05, 3.63) is 212 Å².